The average molecular weight is 262 g/mol. The van der Waals surface area contributed by atoms with Gasteiger partial charge in [-0.3, -0.25) is 4.90 Å². The lowest BCUT2D eigenvalue weighted by molar-refractivity contribution is 0.238. The third-order valence-electron chi connectivity index (χ3n) is 3.09. The van der Waals surface area contributed by atoms with E-state index in [1.807, 2.05) is 50.3 Å². The maximum atomic E-state index is 5.63. The van der Waals surface area contributed by atoms with Crippen LogP contribution in [0, 0.1) is 0 Å². The van der Waals surface area contributed by atoms with Gasteiger partial charge >= 0.3 is 0 Å². The largest absolute Gasteiger partial charge is 0.492 e. The van der Waals surface area contributed by atoms with E-state index < -0.39 is 0 Å². The Morgan fingerprint density at radius 1 is 1.11 bits per heavy atom. The number of allylic oxidation sites excluding steroid dienone is 2. The molecule has 19 heavy (non-hydrogen) atoms. The van der Waals surface area contributed by atoms with E-state index in [2.05, 4.69) is 4.90 Å². The minimum Gasteiger partial charge on any atom is -0.492 e. The number of ether oxygens (including phenoxy) is 1. The first-order chi connectivity index (χ1) is 9.26. The molecular weight excluding hydrogens is 236 g/mol. The first-order valence-electron chi connectivity index (χ1n) is 7.04. The zero-order chi connectivity index (χ0) is 13.9. The molecule has 1 aliphatic heterocycles. The van der Waals surface area contributed by atoms with Crippen molar-refractivity contribution in [1.82, 2.24) is 4.90 Å². The summed E-state index contributed by atoms with van der Waals surface area (Å²) in [5.41, 5.74) is 6.37. The molecule has 2 N–H and O–H groups in total. The molecule has 106 valence electrons. The number of rotatable bonds is 4. The topological polar surface area (TPSA) is 38.5 Å². The SMILES string of the molecule is C/C=C\C.Nc1ccc(OCCN2CCCC2)cc1. The quantitative estimate of drug-likeness (QED) is 0.668. The number of hydrogen-bond acceptors (Lipinski definition) is 3. The van der Waals surface area contributed by atoms with Crippen LogP contribution in [0.4, 0.5) is 5.69 Å². The monoisotopic (exact) mass is 262 g/mol. The Morgan fingerprint density at radius 2 is 1.68 bits per heavy atom. The molecule has 0 bridgehead atoms. The van der Waals surface area contributed by atoms with Gasteiger partial charge in [-0.25, -0.2) is 0 Å². The van der Waals surface area contributed by atoms with Crippen LogP contribution in [0.3, 0.4) is 0 Å². The van der Waals surface area contributed by atoms with Crippen LogP contribution in [0.2, 0.25) is 0 Å². The van der Waals surface area contributed by atoms with Crippen molar-refractivity contribution in [3.63, 3.8) is 0 Å². The highest BCUT2D eigenvalue weighted by atomic mass is 16.5. The fraction of sp³-hybridized carbons (Fsp3) is 0.500. The lowest BCUT2D eigenvalue weighted by Gasteiger charge is -2.14. The van der Waals surface area contributed by atoms with Gasteiger partial charge < -0.3 is 10.5 Å². The highest BCUT2D eigenvalue weighted by Gasteiger charge is 2.10. The van der Waals surface area contributed by atoms with Crippen LogP contribution in [-0.2, 0) is 0 Å². The molecule has 2 rings (SSSR count). The molecule has 3 heteroatoms. The Balaban J connectivity index is 0.000000399. The number of nitrogen functional groups attached to an aromatic ring is 1. The van der Waals surface area contributed by atoms with E-state index >= 15 is 0 Å². The van der Waals surface area contributed by atoms with Crippen LogP contribution in [-0.4, -0.2) is 31.1 Å². The standard InChI is InChI=1S/C12H18N2O.C4H8/c13-11-3-5-12(6-4-11)15-10-9-14-7-1-2-8-14;1-3-4-2/h3-6H,1-2,7-10,13H2;3-4H,1-2H3/b;4-3-. The number of anilines is 1. The number of hydrogen-bond donors (Lipinski definition) is 1. The zero-order valence-electron chi connectivity index (χ0n) is 12.1. The van der Waals surface area contributed by atoms with E-state index in [4.69, 9.17) is 10.5 Å². The van der Waals surface area contributed by atoms with E-state index in [0.717, 1.165) is 24.6 Å². The first kappa shape index (κ1) is 15.6. The summed E-state index contributed by atoms with van der Waals surface area (Å²) < 4.78 is 5.63. The van der Waals surface area contributed by atoms with Gasteiger partial charge in [0.2, 0.25) is 0 Å². The average Bonchev–Trinajstić information content (AvgIpc) is 2.95. The number of benzene rings is 1. The highest BCUT2D eigenvalue weighted by Crippen LogP contribution is 2.13. The normalized spacial score (nSPS) is 15.3. The van der Waals surface area contributed by atoms with Gasteiger partial charge in [0.1, 0.15) is 12.4 Å². The summed E-state index contributed by atoms with van der Waals surface area (Å²) in [6.07, 6.45) is 6.67. The van der Waals surface area contributed by atoms with Gasteiger partial charge in [0.25, 0.3) is 0 Å². The fourth-order valence-electron chi connectivity index (χ4n) is 1.86. The smallest absolute Gasteiger partial charge is 0.119 e. The molecule has 0 radical (unpaired) electrons. The molecule has 1 aromatic rings. The van der Waals surface area contributed by atoms with Crippen LogP contribution in [0.5, 0.6) is 5.75 Å². The fourth-order valence-corrected chi connectivity index (χ4v) is 1.86. The first-order valence-corrected chi connectivity index (χ1v) is 7.04. The van der Waals surface area contributed by atoms with E-state index in [-0.39, 0.29) is 0 Å². The summed E-state index contributed by atoms with van der Waals surface area (Å²) in [5.74, 6) is 0.906. The number of nitrogens with zero attached hydrogens (tertiary/aromatic N) is 1. The molecule has 1 aliphatic rings. The predicted molar refractivity (Wildman–Crippen MR) is 82.5 cm³/mol. The second-order valence-electron chi connectivity index (χ2n) is 4.63. The third kappa shape index (κ3) is 6.87. The maximum Gasteiger partial charge on any atom is 0.119 e. The van der Waals surface area contributed by atoms with Crippen molar-refractivity contribution in [1.29, 1.82) is 0 Å². The van der Waals surface area contributed by atoms with Crippen molar-refractivity contribution in [2.45, 2.75) is 26.7 Å². The minimum absolute atomic E-state index is 0.768. The van der Waals surface area contributed by atoms with Gasteiger partial charge in [-0.05, 0) is 64.0 Å². The zero-order valence-corrected chi connectivity index (χ0v) is 12.1. The molecule has 1 aromatic carbocycles. The summed E-state index contributed by atoms with van der Waals surface area (Å²) in [7, 11) is 0. The van der Waals surface area contributed by atoms with Crippen molar-refractivity contribution in [2.75, 3.05) is 32.0 Å². The van der Waals surface area contributed by atoms with Crippen molar-refractivity contribution >= 4 is 5.69 Å². The second kappa shape index (κ2) is 9.45. The lowest BCUT2D eigenvalue weighted by Crippen LogP contribution is -2.25. The van der Waals surface area contributed by atoms with Gasteiger partial charge in [0.15, 0.2) is 0 Å². The van der Waals surface area contributed by atoms with Crippen molar-refractivity contribution in [2.24, 2.45) is 0 Å². The Bertz CT molecular complexity index is 350. The molecule has 0 atom stereocenters. The summed E-state index contributed by atoms with van der Waals surface area (Å²) in [4.78, 5) is 2.44. The van der Waals surface area contributed by atoms with E-state index in [1.165, 1.54) is 25.9 Å². The molecule has 1 fully saturated rings. The maximum absolute atomic E-state index is 5.63. The van der Waals surface area contributed by atoms with Crippen LogP contribution in [0.15, 0.2) is 36.4 Å². The van der Waals surface area contributed by atoms with Gasteiger partial charge in [-0.2, -0.15) is 0 Å². The number of nitrogens with two attached hydrogens (primary N) is 1. The van der Waals surface area contributed by atoms with Crippen molar-refractivity contribution in [3.05, 3.63) is 36.4 Å². The summed E-state index contributed by atoms with van der Waals surface area (Å²) in [6, 6.07) is 7.56. The Hall–Kier alpha value is -1.48. The second-order valence-corrected chi connectivity index (χ2v) is 4.63. The molecule has 1 saturated heterocycles. The Morgan fingerprint density at radius 3 is 2.21 bits per heavy atom. The molecule has 0 aliphatic carbocycles. The molecule has 0 amide bonds. The summed E-state index contributed by atoms with van der Waals surface area (Å²) >= 11 is 0. The van der Waals surface area contributed by atoms with Crippen molar-refractivity contribution in [3.8, 4) is 5.75 Å². The Kier molecular flexibility index (Phi) is 7.75. The van der Waals surface area contributed by atoms with Gasteiger partial charge in [-0.15, -0.1) is 0 Å². The van der Waals surface area contributed by atoms with Crippen LogP contribution >= 0.6 is 0 Å². The third-order valence-corrected chi connectivity index (χ3v) is 3.09. The van der Waals surface area contributed by atoms with E-state index in [1.54, 1.807) is 0 Å². The van der Waals surface area contributed by atoms with E-state index in [9.17, 15) is 0 Å². The van der Waals surface area contributed by atoms with Crippen molar-refractivity contribution < 1.29 is 4.74 Å². The highest BCUT2D eigenvalue weighted by molar-refractivity contribution is 5.41. The molecule has 0 aromatic heterocycles. The summed E-state index contributed by atoms with van der Waals surface area (Å²) in [5, 5.41) is 0. The van der Waals surface area contributed by atoms with Gasteiger partial charge in [0.05, 0.1) is 0 Å². The predicted octanol–water partition coefficient (Wildman–Crippen LogP) is 3.33. The molecular formula is C16H26N2O. The van der Waals surface area contributed by atoms with Gasteiger partial charge in [-0.1, -0.05) is 12.2 Å². The number of likely N-dealkylation sites (tertiary alicyclic amines) is 1. The minimum atomic E-state index is 0.768. The lowest BCUT2D eigenvalue weighted by atomic mass is 10.3. The summed E-state index contributed by atoms with van der Waals surface area (Å²) in [6.45, 7) is 8.25. The van der Waals surface area contributed by atoms with Gasteiger partial charge in [0, 0.05) is 12.2 Å². The Labute approximate surface area is 117 Å². The molecule has 0 unspecified atom stereocenters. The molecule has 0 saturated carbocycles. The van der Waals surface area contributed by atoms with Crippen LogP contribution in [0.25, 0.3) is 0 Å². The van der Waals surface area contributed by atoms with Crippen LogP contribution in [0.1, 0.15) is 26.7 Å². The molecule has 3 nitrogen and oxygen atoms in total. The van der Waals surface area contributed by atoms with Crippen LogP contribution < -0.4 is 10.5 Å². The van der Waals surface area contributed by atoms with E-state index in [0.29, 0.717) is 0 Å². The molecule has 0 spiro atoms. The molecule has 1 heterocycles.